The molecule has 0 spiro atoms. The van der Waals surface area contributed by atoms with Gasteiger partial charge in [-0.25, -0.2) is 0 Å². The smallest absolute Gasteiger partial charge is 0.305 e. The summed E-state index contributed by atoms with van der Waals surface area (Å²) >= 11 is 0. The normalized spacial score (nSPS) is 13.0. The molecule has 0 aliphatic rings. The van der Waals surface area contributed by atoms with Crippen molar-refractivity contribution in [2.24, 2.45) is 0 Å². The summed E-state index contributed by atoms with van der Waals surface area (Å²) in [6, 6.07) is -0.646. The molecular weight excluding hydrogens is 719 g/mol. The lowest BCUT2D eigenvalue weighted by Crippen LogP contribution is -2.45. The molecule has 0 fully saturated rings. The highest BCUT2D eigenvalue weighted by Gasteiger charge is 2.18. The van der Waals surface area contributed by atoms with Gasteiger partial charge < -0.3 is 20.3 Å². The maximum Gasteiger partial charge on any atom is 0.305 e. The van der Waals surface area contributed by atoms with Crippen molar-refractivity contribution < 1.29 is 24.5 Å². The van der Waals surface area contributed by atoms with Gasteiger partial charge in [0, 0.05) is 12.8 Å². The number of ether oxygens (including phenoxy) is 1. The van der Waals surface area contributed by atoms with E-state index in [9.17, 15) is 19.8 Å². The summed E-state index contributed by atoms with van der Waals surface area (Å²) in [7, 11) is 0. The van der Waals surface area contributed by atoms with Gasteiger partial charge in [-0.15, -0.1) is 0 Å². The van der Waals surface area contributed by atoms with Crippen LogP contribution in [0.25, 0.3) is 0 Å². The van der Waals surface area contributed by atoms with E-state index >= 15 is 0 Å². The van der Waals surface area contributed by atoms with Crippen LogP contribution in [0.4, 0.5) is 0 Å². The van der Waals surface area contributed by atoms with Crippen LogP contribution in [0.1, 0.15) is 258 Å². The highest BCUT2D eigenvalue weighted by atomic mass is 16.5. The summed E-state index contributed by atoms with van der Waals surface area (Å²) in [4.78, 5) is 24.4. The van der Waals surface area contributed by atoms with Crippen molar-refractivity contribution in [2.45, 2.75) is 270 Å². The molecule has 0 saturated carbocycles. The lowest BCUT2D eigenvalue weighted by atomic mass is 10.1. The van der Waals surface area contributed by atoms with Crippen LogP contribution in [-0.2, 0) is 14.3 Å². The van der Waals surface area contributed by atoms with E-state index in [2.05, 4.69) is 43.5 Å². The van der Waals surface area contributed by atoms with Gasteiger partial charge in [0.05, 0.1) is 25.4 Å². The van der Waals surface area contributed by atoms with Gasteiger partial charge >= 0.3 is 5.97 Å². The first-order valence-electron chi connectivity index (χ1n) is 25.3. The molecule has 0 aromatic heterocycles. The molecule has 0 radical (unpaired) electrons. The number of aliphatic hydroxyl groups is 2. The summed E-state index contributed by atoms with van der Waals surface area (Å²) in [5, 5.41) is 22.9. The zero-order chi connectivity index (χ0) is 42.3. The van der Waals surface area contributed by atoms with Gasteiger partial charge in [0.25, 0.3) is 0 Å². The zero-order valence-corrected chi connectivity index (χ0v) is 38.5. The Bertz CT molecular complexity index is 946. The number of amides is 1. The van der Waals surface area contributed by atoms with E-state index < -0.39 is 12.1 Å². The van der Waals surface area contributed by atoms with Crippen LogP contribution in [0.5, 0.6) is 0 Å². The minimum atomic E-state index is -0.860. The molecule has 0 rings (SSSR count). The fourth-order valence-electron chi connectivity index (χ4n) is 7.44. The number of aliphatic hydroxyl groups excluding tert-OH is 2. The van der Waals surface area contributed by atoms with Crippen molar-refractivity contribution in [3.63, 3.8) is 0 Å². The molecule has 340 valence electrons. The molecule has 0 saturated heterocycles. The van der Waals surface area contributed by atoms with E-state index in [1.54, 1.807) is 6.08 Å². The SMILES string of the molecule is CCCCCCCCC/C=C\CCCCCCCCCC(=O)OCCCCCCCC/C=C\CCCCCC(=O)NC(CO)C(O)/C=C/CCCCCCCCCC. The standard InChI is InChI=1S/C52H97NO5/c1-3-5-7-9-11-13-15-16-17-18-19-20-23-26-30-34-38-42-46-52(57)58-47-43-39-35-31-27-24-21-22-25-29-33-37-41-45-51(56)53-49(48-54)50(55)44-40-36-32-28-14-12-10-8-6-4-2/h17-18,22,25,40,44,49-50,54-55H,3-16,19-21,23-24,26-39,41-43,45-48H2,1-2H3,(H,53,56)/b18-17-,25-22-,44-40+. The average molecular weight is 816 g/mol. The van der Waals surface area contributed by atoms with Crippen LogP contribution in [0.3, 0.4) is 0 Å². The van der Waals surface area contributed by atoms with E-state index in [1.165, 1.54) is 161 Å². The Labute approximate surface area is 360 Å². The van der Waals surface area contributed by atoms with Crippen LogP contribution >= 0.6 is 0 Å². The van der Waals surface area contributed by atoms with Crippen molar-refractivity contribution in [2.75, 3.05) is 13.2 Å². The summed E-state index contributed by atoms with van der Waals surface area (Å²) in [5.74, 6) is -0.119. The van der Waals surface area contributed by atoms with E-state index in [4.69, 9.17) is 4.74 Å². The molecule has 0 aromatic carbocycles. The molecule has 58 heavy (non-hydrogen) atoms. The highest BCUT2D eigenvalue weighted by Crippen LogP contribution is 2.14. The van der Waals surface area contributed by atoms with E-state index in [-0.39, 0.29) is 18.5 Å². The zero-order valence-electron chi connectivity index (χ0n) is 38.5. The van der Waals surface area contributed by atoms with Gasteiger partial charge in [-0.2, -0.15) is 0 Å². The van der Waals surface area contributed by atoms with E-state index in [0.717, 1.165) is 70.6 Å². The number of rotatable bonds is 46. The largest absolute Gasteiger partial charge is 0.466 e. The number of allylic oxidation sites excluding steroid dienone is 5. The second kappa shape index (κ2) is 47.8. The van der Waals surface area contributed by atoms with Gasteiger partial charge in [-0.1, -0.05) is 198 Å². The van der Waals surface area contributed by atoms with Gasteiger partial charge in [-0.05, 0) is 83.5 Å². The van der Waals surface area contributed by atoms with Crippen LogP contribution in [0.15, 0.2) is 36.5 Å². The Balaban J connectivity index is 3.49. The summed E-state index contributed by atoms with van der Waals surface area (Å²) in [6.07, 6.45) is 57.2. The highest BCUT2D eigenvalue weighted by molar-refractivity contribution is 5.76. The van der Waals surface area contributed by atoms with Crippen molar-refractivity contribution in [1.82, 2.24) is 5.32 Å². The molecule has 3 N–H and O–H groups in total. The van der Waals surface area contributed by atoms with Crippen molar-refractivity contribution in [3.05, 3.63) is 36.5 Å². The fraction of sp³-hybridized carbons (Fsp3) is 0.846. The number of carbonyl (C=O) groups is 2. The second-order valence-corrected chi connectivity index (χ2v) is 17.1. The van der Waals surface area contributed by atoms with Gasteiger partial charge in [0.1, 0.15) is 0 Å². The molecule has 1 amide bonds. The first-order chi connectivity index (χ1) is 28.5. The molecular formula is C52H97NO5. The Kier molecular flexibility index (Phi) is 46.2. The Morgan fingerprint density at radius 2 is 0.810 bits per heavy atom. The molecule has 0 aromatic rings. The number of hydrogen-bond acceptors (Lipinski definition) is 5. The van der Waals surface area contributed by atoms with Crippen LogP contribution in [0, 0.1) is 0 Å². The summed E-state index contributed by atoms with van der Waals surface area (Å²) in [6.45, 7) is 4.83. The number of nitrogens with one attached hydrogen (secondary N) is 1. The summed E-state index contributed by atoms with van der Waals surface area (Å²) < 4.78 is 5.46. The fourth-order valence-corrected chi connectivity index (χ4v) is 7.44. The Hall–Kier alpha value is -1.92. The molecule has 0 heterocycles. The lowest BCUT2D eigenvalue weighted by Gasteiger charge is -2.19. The molecule has 6 nitrogen and oxygen atoms in total. The summed E-state index contributed by atoms with van der Waals surface area (Å²) in [5.41, 5.74) is 0. The van der Waals surface area contributed by atoms with Crippen LogP contribution < -0.4 is 5.32 Å². The maximum absolute atomic E-state index is 12.4. The van der Waals surface area contributed by atoms with Crippen molar-refractivity contribution in [3.8, 4) is 0 Å². The van der Waals surface area contributed by atoms with Gasteiger partial charge in [-0.3, -0.25) is 9.59 Å². The Morgan fingerprint density at radius 3 is 1.24 bits per heavy atom. The molecule has 2 unspecified atom stereocenters. The van der Waals surface area contributed by atoms with Gasteiger partial charge in [0.2, 0.25) is 5.91 Å². The van der Waals surface area contributed by atoms with E-state index in [0.29, 0.717) is 19.4 Å². The lowest BCUT2D eigenvalue weighted by molar-refractivity contribution is -0.143. The van der Waals surface area contributed by atoms with Gasteiger partial charge in [0.15, 0.2) is 0 Å². The number of hydrogen-bond donors (Lipinski definition) is 3. The van der Waals surface area contributed by atoms with Crippen molar-refractivity contribution >= 4 is 11.9 Å². The van der Waals surface area contributed by atoms with Crippen LogP contribution in [0.2, 0.25) is 0 Å². The third-order valence-electron chi connectivity index (χ3n) is 11.4. The number of carbonyl (C=O) groups excluding carboxylic acids is 2. The first kappa shape index (κ1) is 56.1. The predicted octanol–water partition coefficient (Wildman–Crippen LogP) is 14.9. The van der Waals surface area contributed by atoms with Crippen LogP contribution in [-0.4, -0.2) is 47.4 Å². The Morgan fingerprint density at radius 1 is 0.466 bits per heavy atom. The molecule has 0 bridgehead atoms. The third kappa shape index (κ3) is 43.7. The topological polar surface area (TPSA) is 95.9 Å². The van der Waals surface area contributed by atoms with Crippen molar-refractivity contribution in [1.29, 1.82) is 0 Å². The monoisotopic (exact) mass is 816 g/mol. The maximum atomic E-state index is 12.4. The molecule has 2 atom stereocenters. The minimum absolute atomic E-state index is 0.0180. The molecule has 0 aliphatic carbocycles. The minimum Gasteiger partial charge on any atom is -0.466 e. The quantitative estimate of drug-likeness (QED) is 0.0323. The number of esters is 1. The predicted molar refractivity (Wildman–Crippen MR) is 250 cm³/mol. The first-order valence-corrected chi connectivity index (χ1v) is 25.3. The van der Waals surface area contributed by atoms with E-state index in [1.807, 2.05) is 6.08 Å². The molecule has 6 heteroatoms. The molecule has 0 aliphatic heterocycles. The number of unbranched alkanes of at least 4 members (excludes halogenated alkanes) is 31. The average Bonchev–Trinajstić information content (AvgIpc) is 3.22. The third-order valence-corrected chi connectivity index (χ3v) is 11.4. The second-order valence-electron chi connectivity index (χ2n) is 17.1.